The molecule has 1 fully saturated rings. The number of benzene rings is 2. The van der Waals surface area contributed by atoms with Gasteiger partial charge in [-0.1, -0.05) is 71.8 Å². The van der Waals surface area contributed by atoms with Crippen LogP contribution >= 0.6 is 0 Å². The summed E-state index contributed by atoms with van der Waals surface area (Å²) in [5, 5.41) is 3.87. The van der Waals surface area contributed by atoms with Gasteiger partial charge in [0.05, 0.1) is 0 Å². The SMILES string of the molecule is CC(C)=C1CC(C)(C)NC1CC(c1ccccc1)c1ccccc1. The summed E-state index contributed by atoms with van der Waals surface area (Å²) < 4.78 is 0. The van der Waals surface area contributed by atoms with Gasteiger partial charge in [0.1, 0.15) is 0 Å². The van der Waals surface area contributed by atoms with E-state index < -0.39 is 0 Å². The Morgan fingerprint density at radius 1 is 0.958 bits per heavy atom. The predicted octanol–water partition coefficient (Wildman–Crippen LogP) is 5.69. The summed E-state index contributed by atoms with van der Waals surface area (Å²) in [6, 6.07) is 22.3. The molecule has 0 aliphatic carbocycles. The molecule has 0 aromatic heterocycles. The van der Waals surface area contributed by atoms with Crippen molar-refractivity contribution in [1.29, 1.82) is 0 Å². The van der Waals surface area contributed by atoms with Gasteiger partial charge in [-0.25, -0.2) is 0 Å². The van der Waals surface area contributed by atoms with Crippen molar-refractivity contribution in [1.82, 2.24) is 5.32 Å². The molecule has 1 nitrogen and oxygen atoms in total. The molecule has 1 unspecified atom stereocenters. The molecule has 1 saturated heterocycles. The minimum absolute atomic E-state index is 0.190. The summed E-state index contributed by atoms with van der Waals surface area (Å²) in [6.45, 7) is 9.14. The molecule has 3 rings (SSSR count). The van der Waals surface area contributed by atoms with Crippen LogP contribution in [-0.4, -0.2) is 11.6 Å². The fourth-order valence-corrected chi connectivity index (χ4v) is 4.01. The second-order valence-electron chi connectivity index (χ2n) is 7.89. The molecule has 0 radical (unpaired) electrons. The van der Waals surface area contributed by atoms with Crippen molar-refractivity contribution >= 4 is 0 Å². The maximum atomic E-state index is 3.87. The van der Waals surface area contributed by atoms with Crippen LogP contribution in [0.1, 0.15) is 57.6 Å². The van der Waals surface area contributed by atoms with E-state index in [-0.39, 0.29) is 5.54 Å². The Hall–Kier alpha value is -1.86. The third kappa shape index (κ3) is 3.79. The summed E-state index contributed by atoms with van der Waals surface area (Å²) in [7, 11) is 0. The van der Waals surface area contributed by atoms with Gasteiger partial charge in [0.15, 0.2) is 0 Å². The summed E-state index contributed by atoms with van der Waals surface area (Å²) in [5.74, 6) is 0.424. The van der Waals surface area contributed by atoms with E-state index in [4.69, 9.17) is 0 Å². The van der Waals surface area contributed by atoms with Crippen LogP contribution in [-0.2, 0) is 0 Å². The number of hydrogen-bond acceptors (Lipinski definition) is 1. The Labute approximate surface area is 146 Å². The zero-order chi connectivity index (χ0) is 17.2. The van der Waals surface area contributed by atoms with E-state index >= 15 is 0 Å². The summed E-state index contributed by atoms with van der Waals surface area (Å²) >= 11 is 0. The smallest absolute Gasteiger partial charge is 0.0296 e. The van der Waals surface area contributed by atoms with Crippen LogP contribution in [0.5, 0.6) is 0 Å². The van der Waals surface area contributed by atoms with Crippen LogP contribution in [0.15, 0.2) is 71.8 Å². The molecular formula is C23H29N. The van der Waals surface area contributed by atoms with Crippen molar-refractivity contribution in [2.75, 3.05) is 0 Å². The average molecular weight is 319 g/mol. The first kappa shape index (κ1) is 17.0. The van der Waals surface area contributed by atoms with Crippen molar-refractivity contribution in [3.63, 3.8) is 0 Å². The van der Waals surface area contributed by atoms with Gasteiger partial charge in [-0.05, 0) is 51.7 Å². The van der Waals surface area contributed by atoms with Crippen LogP contribution in [0, 0.1) is 0 Å². The Morgan fingerprint density at radius 2 is 1.46 bits per heavy atom. The van der Waals surface area contributed by atoms with Gasteiger partial charge < -0.3 is 5.32 Å². The van der Waals surface area contributed by atoms with Gasteiger partial charge >= 0.3 is 0 Å². The average Bonchev–Trinajstić information content (AvgIpc) is 2.89. The maximum absolute atomic E-state index is 3.87. The quantitative estimate of drug-likeness (QED) is 0.714. The lowest BCUT2D eigenvalue weighted by Gasteiger charge is -2.25. The number of allylic oxidation sites excluding steroid dienone is 1. The van der Waals surface area contributed by atoms with Gasteiger partial charge in [-0.3, -0.25) is 0 Å². The second kappa shape index (κ2) is 6.94. The Kier molecular flexibility index (Phi) is 4.91. The summed E-state index contributed by atoms with van der Waals surface area (Å²) in [6.07, 6.45) is 2.26. The van der Waals surface area contributed by atoms with Crippen molar-refractivity contribution in [2.24, 2.45) is 0 Å². The highest BCUT2D eigenvalue weighted by Crippen LogP contribution is 2.37. The lowest BCUT2D eigenvalue weighted by Crippen LogP contribution is -2.38. The van der Waals surface area contributed by atoms with Crippen molar-refractivity contribution in [3.8, 4) is 0 Å². The molecule has 1 aliphatic heterocycles. The van der Waals surface area contributed by atoms with Gasteiger partial charge in [0, 0.05) is 17.5 Å². The molecule has 2 aromatic carbocycles. The zero-order valence-electron chi connectivity index (χ0n) is 15.3. The maximum Gasteiger partial charge on any atom is 0.0296 e. The van der Waals surface area contributed by atoms with E-state index in [1.807, 2.05) is 0 Å². The van der Waals surface area contributed by atoms with Crippen molar-refractivity contribution in [2.45, 2.75) is 58.0 Å². The first-order chi connectivity index (χ1) is 11.5. The van der Waals surface area contributed by atoms with E-state index in [9.17, 15) is 0 Å². The normalized spacial score (nSPS) is 19.7. The summed E-state index contributed by atoms with van der Waals surface area (Å²) in [4.78, 5) is 0. The molecule has 24 heavy (non-hydrogen) atoms. The molecule has 1 heteroatoms. The van der Waals surface area contributed by atoms with Crippen LogP contribution < -0.4 is 5.32 Å². The standard InChI is InChI=1S/C23H29N/c1-17(2)21-16-23(3,4)24-22(21)15-20(18-11-7-5-8-12-18)19-13-9-6-10-14-19/h5-14,20,22,24H,15-16H2,1-4H3. The van der Waals surface area contributed by atoms with Crippen LogP contribution in [0.25, 0.3) is 0 Å². The van der Waals surface area contributed by atoms with Crippen molar-refractivity contribution in [3.05, 3.63) is 82.9 Å². The molecule has 1 heterocycles. The molecule has 1 atom stereocenters. The second-order valence-corrected chi connectivity index (χ2v) is 7.89. The highest BCUT2D eigenvalue weighted by molar-refractivity contribution is 5.35. The molecule has 1 aliphatic rings. The van der Waals surface area contributed by atoms with Gasteiger partial charge in [-0.2, -0.15) is 0 Å². The highest BCUT2D eigenvalue weighted by atomic mass is 15.0. The first-order valence-corrected chi connectivity index (χ1v) is 9.00. The summed E-state index contributed by atoms with van der Waals surface area (Å²) in [5.41, 5.74) is 6.07. The lowest BCUT2D eigenvalue weighted by atomic mass is 9.84. The largest absolute Gasteiger partial charge is 0.305 e. The first-order valence-electron chi connectivity index (χ1n) is 9.00. The molecule has 0 saturated carbocycles. The Morgan fingerprint density at radius 3 is 1.92 bits per heavy atom. The minimum Gasteiger partial charge on any atom is -0.305 e. The monoisotopic (exact) mass is 319 g/mol. The molecule has 2 aromatic rings. The third-order valence-electron chi connectivity index (χ3n) is 5.14. The predicted molar refractivity (Wildman–Crippen MR) is 103 cm³/mol. The fraction of sp³-hybridized carbons (Fsp3) is 0.391. The molecule has 0 bridgehead atoms. The van der Waals surface area contributed by atoms with E-state index in [0.717, 1.165) is 12.8 Å². The third-order valence-corrected chi connectivity index (χ3v) is 5.14. The van der Waals surface area contributed by atoms with E-state index in [2.05, 4.69) is 93.7 Å². The number of hydrogen-bond donors (Lipinski definition) is 1. The molecule has 1 N–H and O–H groups in total. The lowest BCUT2D eigenvalue weighted by molar-refractivity contribution is 0.413. The fourth-order valence-electron chi connectivity index (χ4n) is 4.01. The van der Waals surface area contributed by atoms with Gasteiger partial charge in [0.2, 0.25) is 0 Å². The number of nitrogens with one attached hydrogen (secondary N) is 1. The minimum atomic E-state index is 0.190. The van der Waals surface area contributed by atoms with E-state index in [1.165, 1.54) is 16.7 Å². The van der Waals surface area contributed by atoms with E-state index in [0.29, 0.717) is 12.0 Å². The molecule has 0 amide bonds. The molecular weight excluding hydrogens is 290 g/mol. The van der Waals surface area contributed by atoms with Gasteiger partial charge in [-0.15, -0.1) is 0 Å². The molecule has 0 spiro atoms. The van der Waals surface area contributed by atoms with E-state index in [1.54, 1.807) is 5.57 Å². The van der Waals surface area contributed by atoms with Crippen molar-refractivity contribution < 1.29 is 0 Å². The van der Waals surface area contributed by atoms with Crippen LogP contribution in [0.2, 0.25) is 0 Å². The highest BCUT2D eigenvalue weighted by Gasteiger charge is 2.36. The Balaban J connectivity index is 1.94. The Bertz CT molecular complexity index is 654. The molecule has 126 valence electrons. The number of rotatable bonds is 4. The zero-order valence-corrected chi connectivity index (χ0v) is 15.3. The van der Waals surface area contributed by atoms with Crippen LogP contribution in [0.3, 0.4) is 0 Å². The van der Waals surface area contributed by atoms with Gasteiger partial charge in [0.25, 0.3) is 0 Å². The topological polar surface area (TPSA) is 12.0 Å². The van der Waals surface area contributed by atoms with Crippen LogP contribution in [0.4, 0.5) is 0 Å².